The van der Waals surface area contributed by atoms with Crippen LogP contribution in [0.4, 0.5) is 0 Å². The molecule has 2 rings (SSSR count). The standard InChI is InChI=1S/C17H33N5O4S/c1-3-18-17(20-12-14(2)22-7-9-26-10-8-22)19-6-4-16(23)21-15-5-11-27(24,25)13-15/h14-15H,3-13H2,1-2H3,(H,21,23)(H2,18,19,20). The normalized spacial score (nSPS) is 24.4. The summed E-state index contributed by atoms with van der Waals surface area (Å²) < 4.78 is 28.3. The fourth-order valence-corrected chi connectivity index (χ4v) is 4.88. The highest BCUT2D eigenvalue weighted by Gasteiger charge is 2.28. The van der Waals surface area contributed by atoms with Gasteiger partial charge < -0.3 is 20.7 Å². The average Bonchev–Trinajstić information content (AvgIpc) is 2.98. The molecule has 2 saturated heterocycles. The molecule has 2 atom stereocenters. The fraction of sp³-hybridized carbons (Fsp3) is 0.882. The van der Waals surface area contributed by atoms with Crippen LogP contribution in [0.1, 0.15) is 26.7 Å². The number of carbonyl (C=O) groups excluding carboxylic acids is 1. The van der Waals surface area contributed by atoms with E-state index in [-0.39, 0.29) is 29.9 Å². The predicted molar refractivity (Wildman–Crippen MR) is 106 cm³/mol. The van der Waals surface area contributed by atoms with Gasteiger partial charge in [-0.05, 0) is 20.3 Å². The molecule has 3 N–H and O–H groups in total. The minimum atomic E-state index is -2.98. The quantitative estimate of drug-likeness (QED) is 0.350. The number of carbonyl (C=O) groups is 1. The highest BCUT2D eigenvalue weighted by molar-refractivity contribution is 7.91. The van der Waals surface area contributed by atoms with Gasteiger partial charge in [0.1, 0.15) is 0 Å². The number of sulfone groups is 1. The third-order valence-electron chi connectivity index (χ3n) is 4.77. The van der Waals surface area contributed by atoms with E-state index in [1.54, 1.807) is 0 Å². The number of guanidine groups is 1. The van der Waals surface area contributed by atoms with Gasteiger partial charge in [0.2, 0.25) is 5.91 Å². The van der Waals surface area contributed by atoms with Crippen LogP contribution in [0, 0.1) is 0 Å². The molecule has 0 aromatic carbocycles. The average molecular weight is 404 g/mol. The van der Waals surface area contributed by atoms with Crippen LogP contribution in [0.5, 0.6) is 0 Å². The molecule has 0 bridgehead atoms. The molecule has 0 aromatic rings. The van der Waals surface area contributed by atoms with Crippen LogP contribution in [-0.4, -0.2) is 94.7 Å². The van der Waals surface area contributed by atoms with Gasteiger partial charge in [-0.25, -0.2) is 8.42 Å². The maximum atomic E-state index is 12.0. The van der Waals surface area contributed by atoms with Crippen LogP contribution in [0.3, 0.4) is 0 Å². The molecule has 0 spiro atoms. The third kappa shape index (κ3) is 8.02. The van der Waals surface area contributed by atoms with Crippen LogP contribution in [0.25, 0.3) is 0 Å². The van der Waals surface area contributed by atoms with E-state index >= 15 is 0 Å². The van der Waals surface area contributed by atoms with Gasteiger partial charge in [-0.1, -0.05) is 0 Å². The molecule has 0 aliphatic carbocycles. The Labute approximate surface area is 162 Å². The van der Waals surface area contributed by atoms with Gasteiger partial charge >= 0.3 is 0 Å². The van der Waals surface area contributed by atoms with Gasteiger partial charge in [-0.2, -0.15) is 0 Å². The van der Waals surface area contributed by atoms with Gasteiger partial charge in [-0.15, -0.1) is 0 Å². The number of ether oxygens (including phenoxy) is 1. The molecule has 0 radical (unpaired) electrons. The lowest BCUT2D eigenvalue weighted by Crippen LogP contribution is -2.45. The molecule has 0 saturated carbocycles. The summed E-state index contributed by atoms with van der Waals surface area (Å²) in [4.78, 5) is 19.0. The second-order valence-electron chi connectivity index (χ2n) is 7.06. The topological polar surface area (TPSA) is 112 Å². The summed E-state index contributed by atoms with van der Waals surface area (Å²) in [5.74, 6) is 0.765. The minimum Gasteiger partial charge on any atom is -0.379 e. The summed E-state index contributed by atoms with van der Waals surface area (Å²) >= 11 is 0. The van der Waals surface area contributed by atoms with E-state index in [0.717, 1.165) is 32.8 Å². The molecule has 9 nitrogen and oxygen atoms in total. The number of hydrogen-bond acceptors (Lipinski definition) is 6. The first-order valence-electron chi connectivity index (χ1n) is 9.73. The van der Waals surface area contributed by atoms with Gasteiger partial charge in [0, 0.05) is 44.7 Å². The predicted octanol–water partition coefficient (Wildman–Crippen LogP) is -1.04. The molecule has 2 aliphatic rings. The lowest BCUT2D eigenvalue weighted by molar-refractivity contribution is -0.121. The van der Waals surface area contributed by atoms with Crippen LogP contribution < -0.4 is 16.0 Å². The number of aliphatic imine (C=N–C) groups is 1. The Hall–Kier alpha value is -1.39. The van der Waals surface area contributed by atoms with Crippen molar-refractivity contribution in [2.45, 2.75) is 38.8 Å². The van der Waals surface area contributed by atoms with Crippen molar-refractivity contribution in [3.05, 3.63) is 0 Å². The molecule has 27 heavy (non-hydrogen) atoms. The first-order valence-corrected chi connectivity index (χ1v) is 11.6. The molecule has 10 heteroatoms. The molecular formula is C17H33N5O4S. The third-order valence-corrected chi connectivity index (χ3v) is 6.54. The number of nitrogens with zero attached hydrogens (tertiary/aromatic N) is 2. The van der Waals surface area contributed by atoms with Crippen molar-refractivity contribution in [3.8, 4) is 0 Å². The first-order chi connectivity index (χ1) is 12.9. The Balaban J connectivity index is 1.70. The Morgan fingerprint density at radius 1 is 1.30 bits per heavy atom. The second kappa shape index (κ2) is 10.8. The molecule has 2 heterocycles. The Morgan fingerprint density at radius 2 is 2.04 bits per heavy atom. The summed E-state index contributed by atoms with van der Waals surface area (Å²) in [6.07, 6.45) is 0.783. The lowest BCUT2D eigenvalue weighted by atomic mass is 10.2. The van der Waals surface area contributed by atoms with Crippen molar-refractivity contribution in [2.24, 2.45) is 4.99 Å². The van der Waals surface area contributed by atoms with Crippen LogP contribution in [0.15, 0.2) is 4.99 Å². The number of amides is 1. The van der Waals surface area contributed by atoms with E-state index in [2.05, 4.69) is 32.8 Å². The number of rotatable bonds is 8. The number of morpholine rings is 1. The maximum absolute atomic E-state index is 12.0. The Bertz CT molecular complexity index is 604. The molecule has 0 aromatic heterocycles. The highest BCUT2D eigenvalue weighted by Crippen LogP contribution is 2.11. The van der Waals surface area contributed by atoms with E-state index < -0.39 is 9.84 Å². The molecule has 2 aliphatic heterocycles. The zero-order valence-corrected chi connectivity index (χ0v) is 17.2. The van der Waals surface area contributed by atoms with Crippen LogP contribution in [0.2, 0.25) is 0 Å². The molecule has 2 unspecified atom stereocenters. The fourth-order valence-electron chi connectivity index (χ4n) is 3.20. The first kappa shape index (κ1) is 21.9. The largest absolute Gasteiger partial charge is 0.379 e. The van der Waals surface area contributed by atoms with Gasteiger partial charge in [0.15, 0.2) is 15.8 Å². The highest BCUT2D eigenvalue weighted by atomic mass is 32.2. The van der Waals surface area contributed by atoms with Crippen molar-refractivity contribution in [3.63, 3.8) is 0 Å². The second-order valence-corrected chi connectivity index (χ2v) is 9.29. The van der Waals surface area contributed by atoms with Crippen molar-refractivity contribution in [1.29, 1.82) is 0 Å². The SMILES string of the molecule is CCNC(=NCC(C)N1CCOCC1)NCCC(=O)NC1CCS(=O)(=O)C1. The summed E-state index contributed by atoms with van der Waals surface area (Å²) in [5.41, 5.74) is 0. The summed E-state index contributed by atoms with van der Waals surface area (Å²) in [6, 6.07) is 0.0794. The van der Waals surface area contributed by atoms with E-state index in [1.807, 2.05) is 6.92 Å². The van der Waals surface area contributed by atoms with Crippen LogP contribution in [-0.2, 0) is 19.4 Å². The summed E-state index contributed by atoms with van der Waals surface area (Å²) in [5, 5.41) is 9.15. The molecule has 156 valence electrons. The molecule has 1 amide bonds. The van der Waals surface area contributed by atoms with E-state index in [9.17, 15) is 13.2 Å². The number of hydrogen-bond donors (Lipinski definition) is 3. The summed E-state index contributed by atoms with van der Waals surface area (Å²) in [7, 11) is -2.98. The zero-order valence-electron chi connectivity index (χ0n) is 16.4. The molecular weight excluding hydrogens is 370 g/mol. The van der Waals surface area contributed by atoms with Gasteiger partial charge in [-0.3, -0.25) is 14.7 Å². The zero-order chi connectivity index (χ0) is 19.7. The van der Waals surface area contributed by atoms with Crippen molar-refractivity contribution in [2.75, 3.05) is 57.4 Å². The van der Waals surface area contributed by atoms with Gasteiger partial charge in [0.05, 0.1) is 31.3 Å². The van der Waals surface area contributed by atoms with Crippen molar-refractivity contribution < 1.29 is 17.9 Å². The Kier molecular flexibility index (Phi) is 8.78. The van der Waals surface area contributed by atoms with Crippen LogP contribution >= 0.6 is 0 Å². The van der Waals surface area contributed by atoms with Crippen molar-refractivity contribution in [1.82, 2.24) is 20.9 Å². The van der Waals surface area contributed by atoms with E-state index in [4.69, 9.17) is 4.74 Å². The Morgan fingerprint density at radius 3 is 2.67 bits per heavy atom. The van der Waals surface area contributed by atoms with Gasteiger partial charge in [0.25, 0.3) is 0 Å². The smallest absolute Gasteiger partial charge is 0.222 e. The number of nitrogens with one attached hydrogen (secondary N) is 3. The summed E-state index contributed by atoms with van der Waals surface area (Å²) in [6.45, 7) is 9.40. The molecule has 2 fully saturated rings. The minimum absolute atomic E-state index is 0.0513. The lowest BCUT2D eigenvalue weighted by Gasteiger charge is -2.31. The van der Waals surface area contributed by atoms with Crippen molar-refractivity contribution >= 4 is 21.7 Å². The van der Waals surface area contributed by atoms with E-state index in [0.29, 0.717) is 31.5 Å². The van der Waals surface area contributed by atoms with E-state index in [1.165, 1.54) is 0 Å². The maximum Gasteiger partial charge on any atom is 0.222 e. The monoisotopic (exact) mass is 403 g/mol.